The van der Waals surface area contributed by atoms with Gasteiger partial charge in [0.2, 0.25) is 17.7 Å². The van der Waals surface area contributed by atoms with E-state index in [0.29, 0.717) is 0 Å². The number of alkyl halides is 1. The first-order chi connectivity index (χ1) is 12.2. The zero-order valence-corrected chi connectivity index (χ0v) is 16.1. The zero-order chi connectivity index (χ0) is 19.7. The van der Waals surface area contributed by atoms with E-state index < -0.39 is 47.0 Å². The van der Waals surface area contributed by atoms with Crippen molar-refractivity contribution in [2.75, 3.05) is 7.11 Å². The van der Waals surface area contributed by atoms with Crippen LogP contribution in [0.3, 0.4) is 0 Å². The molecule has 0 fully saturated rings. The lowest BCUT2D eigenvalue weighted by Crippen LogP contribution is -2.54. The summed E-state index contributed by atoms with van der Waals surface area (Å²) in [5, 5.41) is 4.94. The molecule has 0 saturated heterocycles. The summed E-state index contributed by atoms with van der Waals surface area (Å²) in [7, 11) is 1.21. The molecule has 26 heavy (non-hydrogen) atoms. The molecule has 1 unspecified atom stereocenters. The van der Waals surface area contributed by atoms with Crippen molar-refractivity contribution in [2.45, 2.75) is 36.7 Å². The Balaban J connectivity index is 2.90. The molecule has 1 aromatic carbocycles. The van der Waals surface area contributed by atoms with Gasteiger partial charge in [-0.25, -0.2) is 4.79 Å². The number of nitrogens with two attached hydrogens (primary N) is 1. The average molecular weight is 428 g/mol. The van der Waals surface area contributed by atoms with Gasteiger partial charge in [-0.3, -0.25) is 14.4 Å². The highest BCUT2D eigenvalue weighted by atomic mass is 79.9. The smallest absolute Gasteiger partial charge is 0.328 e. The summed E-state index contributed by atoms with van der Waals surface area (Å²) in [6, 6.07) is 6.88. The Morgan fingerprint density at radius 1 is 1.08 bits per heavy atom. The maximum Gasteiger partial charge on any atom is 0.328 e. The number of amides is 3. The first kappa shape index (κ1) is 21.6. The van der Waals surface area contributed by atoms with E-state index in [9.17, 15) is 19.2 Å². The molecule has 0 heterocycles. The SMILES string of the molecule is COC(=O)[C@H](Cc1ccccc1)NC(=O)[C@H](CC(N)=O)NC(=O)C(C)Br. The third-order valence-corrected chi connectivity index (χ3v) is 3.90. The third-order valence-electron chi connectivity index (χ3n) is 3.48. The molecule has 0 aromatic heterocycles. The third kappa shape index (κ3) is 7.22. The molecule has 0 aliphatic carbocycles. The summed E-state index contributed by atoms with van der Waals surface area (Å²) < 4.78 is 4.73. The molecule has 142 valence electrons. The van der Waals surface area contributed by atoms with E-state index in [2.05, 4.69) is 26.6 Å². The molecule has 0 bridgehead atoms. The Bertz CT molecular complexity index is 651. The molecule has 4 N–H and O–H groups in total. The van der Waals surface area contributed by atoms with Crippen molar-refractivity contribution < 1.29 is 23.9 Å². The monoisotopic (exact) mass is 427 g/mol. The number of hydrogen-bond acceptors (Lipinski definition) is 5. The number of primary amides is 1. The summed E-state index contributed by atoms with van der Waals surface area (Å²) in [5.74, 6) is -2.58. The van der Waals surface area contributed by atoms with Gasteiger partial charge in [-0.05, 0) is 12.5 Å². The number of carbonyl (C=O) groups is 4. The Hall–Kier alpha value is -2.42. The van der Waals surface area contributed by atoms with E-state index in [1.54, 1.807) is 31.2 Å². The van der Waals surface area contributed by atoms with E-state index in [1.165, 1.54) is 7.11 Å². The number of nitrogens with one attached hydrogen (secondary N) is 2. The Morgan fingerprint density at radius 2 is 1.65 bits per heavy atom. The van der Waals surface area contributed by atoms with Crippen LogP contribution in [0.5, 0.6) is 0 Å². The Labute approximate surface area is 160 Å². The van der Waals surface area contributed by atoms with Crippen LogP contribution >= 0.6 is 15.9 Å². The number of esters is 1. The fourth-order valence-electron chi connectivity index (χ4n) is 2.15. The van der Waals surface area contributed by atoms with Crippen molar-refractivity contribution in [2.24, 2.45) is 5.73 Å². The van der Waals surface area contributed by atoms with Gasteiger partial charge in [0.05, 0.1) is 18.4 Å². The van der Waals surface area contributed by atoms with Gasteiger partial charge in [-0.1, -0.05) is 46.3 Å². The van der Waals surface area contributed by atoms with Gasteiger partial charge in [0.15, 0.2) is 0 Å². The number of carbonyl (C=O) groups excluding carboxylic acids is 4. The maximum atomic E-state index is 12.5. The summed E-state index contributed by atoms with van der Waals surface area (Å²) >= 11 is 3.08. The van der Waals surface area contributed by atoms with Crippen LogP contribution in [0, 0.1) is 0 Å². The number of halogens is 1. The molecule has 0 radical (unpaired) electrons. The average Bonchev–Trinajstić information content (AvgIpc) is 2.60. The number of benzene rings is 1. The highest BCUT2D eigenvalue weighted by Gasteiger charge is 2.29. The molecule has 0 saturated carbocycles. The molecule has 0 spiro atoms. The number of ether oxygens (including phenoxy) is 1. The van der Waals surface area contributed by atoms with Crippen molar-refractivity contribution in [1.82, 2.24) is 10.6 Å². The maximum absolute atomic E-state index is 12.5. The van der Waals surface area contributed by atoms with E-state index >= 15 is 0 Å². The minimum absolute atomic E-state index is 0.200. The first-order valence-electron chi connectivity index (χ1n) is 7.89. The molecule has 3 atom stereocenters. The minimum Gasteiger partial charge on any atom is -0.467 e. The van der Waals surface area contributed by atoms with Gasteiger partial charge in [0.1, 0.15) is 12.1 Å². The fraction of sp³-hybridized carbons (Fsp3) is 0.412. The highest BCUT2D eigenvalue weighted by Crippen LogP contribution is 2.06. The second kappa shape index (κ2) is 10.5. The highest BCUT2D eigenvalue weighted by molar-refractivity contribution is 9.10. The topological polar surface area (TPSA) is 128 Å². The fourth-order valence-corrected chi connectivity index (χ4v) is 2.29. The summed E-state index contributed by atoms with van der Waals surface area (Å²) in [6.45, 7) is 1.57. The van der Waals surface area contributed by atoms with Crippen LogP contribution < -0.4 is 16.4 Å². The van der Waals surface area contributed by atoms with Crippen molar-refractivity contribution in [3.05, 3.63) is 35.9 Å². The lowest BCUT2D eigenvalue weighted by atomic mass is 10.0. The standard InChI is InChI=1S/C17H22BrN3O5/c1-10(18)15(23)20-12(9-14(19)22)16(24)21-13(17(25)26-2)8-11-6-4-3-5-7-11/h3-7,10,12-13H,8-9H2,1-2H3,(H2,19,22)(H,20,23)(H,21,24)/t10?,12-,13-/m0/s1. The predicted octanol–water partition coefficient (Wildman–Crippen LogP) is 0.0305. The van der Waals surface area contributed by atoms with Gasteiger partial charge >= 0.3 is 5.97 Å². The van der Waals surface area contributed by atoms with Crippen molar-refractivity contribution >= 4 is 39.6 Å². The van der Waals surface area contributed by atoms with Crippen molar-refractivity contribution in [1.29, 1.82) is 0 Å². The predicted molar refractivity (Wildman–Crippen MR) is 98.2 cm³/mol. The van der Waals surface area contributed by atoms with E-state index in [-0.39, 0.29) is 6.42 Å². The Morgan fingerprint density at radius 3 is 2.15 bits per heavy atom. The lowest BCUT2D eigenvalue weighted by molar-refractivity contribution is -0.145. The molecule has 9 heteroatoms. The van der Waals surface area contributed by atoms with Gasteiger partial charge in [-0.15, -0.1) is 0 Å². The molecule has 8 nitrogen and oxygen atoms in total. The number of hydrogen-bond donors (Lipinski definition) is 3. The van der Waals surface area contributed by atoms with Crippen LogP contribution in [0.15, 0.2) is 30.3 Å². The summed E-state index contributed by atoms with van der Waals surface area (Å²) in [4.78, 5) is 47.0. The first-order valence-corrected chi connectivity index (χ1v) is 8.81. The van der Waals surface area contributed by atoms with Crippen LogP contribution in [0.25, 0.3) is 0 Å². The zero-order valence-electron chi connectivity index (χ0n) is 14.5. The van der Waals surface area contributed by atoms with Gasteiger partial charge in [0.25, 0.3) is 0 Å². The van der Waals surface area contributed by atoms with Crippen molar-refractivity contribution in [3.8, 4) is 0 Å². The molecular weight excluding hydrogens is 406 g/mol. The Kier molecular flexibility index (Phi) is 8.77. The van der Waals surface area contributed by atoms with E-state index in [4.69, 9.17) is 10.5 Å². The summed E-state index contributed by atoms with van der Waals surface area (Å²) in [6.07, 6.45) is -0.193. The van der Waals surface area contributed by atoms with Gasteiger partial charge in [0, 0.05) is 6.42 Å². The largest absolute Gasteiger partial charge is 0.467 e. The minimum atomic E-state index is -1.19. The molecular formula is C17H22BrN3O5. The van der Waals surface area contributed by atoms with Crippen LogP contribution in [0.4, 0.5) is 0 Å². The molecule has 3 amide bonds. The lowest BCUT2D eigenvalue weighted by Gasteiger charge is -2.22. The van der Waals surface area contributed by atoms with Crippen LogP contribution in [0.1, 0.15) is 18.9 Å². The second-order valence-corrected chi connectivity index (χ2v) is 7.00. The number of rotatable bonds is 9. The molecule has 0 aliphatic rings. The quantitative estimate of drug-likeness (QED) is 0.378. The summed E-state index contributed by atoms with van der Waals surface area (Å²) in [5.41, 5.74) is 5.96. The van der Waals surface area contributed by atoms with Gasteiger partial charge in [-0.2, -0.15) is 0 Å². The van der Waals surface area contributed by atoms with Crippen LogP contribution in [-0.4, -0.2) is 47.7 Å². The van der Waals surface area contributed by atoms with Crippen LogP contribution in [-0.2, 0) is 30.3 Å². The normalized spacial score (nSPS) is 13.8. The van der Waals surface area contributed by atoms with Gasteiger partial charge < -0.3 is 21.1 Å². The molecule has 0 aliphatic heterocycles. The second-order valence-electron chi connectivity index (χ2n) is 5.62. The molecule has 1 aromatic rings. The van der Waals surface area contributed by atoms with E-state index in [1.807, 2.05) is 6.07 Å². The van der Waals surface area contributed by atoms with Crippen molar-refractivity contribution in [3.63, 3.8) is 0 Å². The van der Waals surface area contributed by atoms with E-state index in [0.717, 1.165) is 5.56 Å². The van der Waals surface area contributed by atoms with Crippen LogP contribution in [0.2, 0.25) is 0 Å². The number of methoxy groups -OCH3 is 1. The molecule has 1 rings (SSSR count).